The first-order valence-corrected chi connectivity index (χ1v) is 6.35. The number of carbonyl (C=O) groups excluding carboxylic acids is 1. The largest absolute Gasteiger partial charge is 0.481 e. The van der Waals surface area contributed by atoms with Crippen molar-refractivity contribution in [1.29, 1.82) is 0 Å². The van der Waals surface area contributed by atoms with Crippen molar-refractivity contribution in [2.75, 3.05) is 6.61 Å². The average molecular weight is 320 g/mol. The molecule has 1 heterocycles. The lowest BCUT2D eigenvalue weighted by Crippen LogP contribution is -2.33. The molecule has 0 radical (unpaired) electrons. The minimum absolute atomic E-state index is 0.0794. The van der Waals surface area contributed by atoms with Crippen LogP contribution in [-0.4, -0.2) is 40.8 Å². The van der Waals surface area contributed by atoms with E-state index in [9.17, 15) is 22.8 Å². The van der Waals surface area contributed by atoms with Gasteiger partial charge < -0.3 is 15.2 Å². The van der Waals surface area contributed by atoms with E-state index < -0.39 is 24.7 Å². The topological polar surface area (TPSA) is 88.5 Å². The van der Waals surface area contributed by atoms with Gasteiger partial charge in [0.05, 0.1) is 5.56 Å². The van der Waals surface area contributed by atoms with Gasteiger partial charge in [-0.2, -0.15) is 13.2 Å². The van der Waals surface area contributed by atoms with Crippen LogP contribution in [0.4, 0.5) is 13.2 Å². The number of nitrogens with one attached hydrogen (secondary N) is 1. The second-order valence-electron chi connectivity index (χ2n) is 4.60. The zero-order valence-electron chi connectivity index (χ0n) is 11.7. The van der Waals surface area contributed by atoms with Gasteiger partial charge in [-0.3, -0.25) is 9.59 Å². The quantitative estimate of drug-likeness (QED) is 0.802. The number of aromatic nitrogens is 1. The Kier molecular flexibility index (Phi) is 6.14. The van der Waals surface area contributed by atoms with Crippen molar-refractivity contribution >= 4 is 11.9 Å². The third kappa shape index (κ3) is 6.91. The Labute approximate surface area is 124 Å². The van der Waals surface area contributed by atoms with Crippen molar-refractivity contribution in [1.82, 2.24) is 10.3 Å². The summed E-state index contributed by atoms with van der Waals surface area (Å²) in [6.45, 7) is 0.187. The first kappa shape index (κ1) is 17.7. The monoisotopic (exact) mass is 320 g/mol. The number of ether oxygens (including phenoxy) is 1. The van der Waals surface area contributed by atoms with Crippen LogP contribution in [0.5, 0.6) is 5.88 Å². The molecule has 6 nitrogen and oxygen atoms in total. The molecule has 1 aromatic rings. The lowest BCUT2D eigenvalue weighted by molar-refractivity contribution is -0.154. The number of alkyl halides is 3. The van der Waals surface area contributed by atoms with E-state index in [-0.39, 0.29) is 30.3 Å². The second-order valence-corrected chi connectivity index (χ2v) is 4.60. The van der Waals surface area contributed by atoms with E-state index in [4.69, 9.17) is 5.11 Å². The number of hydrogen-bond acceptors (Lipinski definition) is 4. The van der Waals surface area contributed by atoms with Crippen LogP contribution in [0.2, 0.25) is 0 Å². The van der Waals surface area contributed by atoms with Gasteiger partial charge >= 0.3 is 12.1 Å². The smallest absolute Gasteiger partial charge is 0.422 e. The summed E-state index contributed by atoms with van der Waals surface area (Å²) in [5.41, 5.74) is 0.140. The summed E-state index contributed by atoms with van der Waals surface area (Å²) in [5.74, 6) is -1.70. The van der Waals surface area contributed by atoms with Crippen molar-refractivity contribution in [3.8, 4) is 5.88 Å². The van der Waals surface area contributed by atoms with E-state index in [0.29, 0.717) is 0 Å². The maximum Gasteiger partial charge on any atom is 0.422 e. The standard InChI is InChI=1S/C13H15F3N2O4/c1-8(2-5-11(19)20)18-12(21)9-3-4-10(17-6-9)22-7-13(14,15)16/h3-4,6,8H,2,5,7H2,1H3,(H,18,21)(H,19,20). The van der Waals surface area contributed by atoms with Crippen molar-refractivity contribution in [2.24, 2.45) is 0 Å². The van der Waals surface area contributed by atoms with Gasteiger partial charge in [-0.1, -0.05) is 0 Å². The molecule has 0 aliphatic carbocycles. The molecule has 1 amide bonds. The van der Waals surface area contributed by atoms with Crippen LogP contribution in [0, 0.1) is 0 Å². The van der Waals surface area contributed by atoms with Crippen LogP contribution in [0.1, 0.15) is 30.1 Å². The summed E-state index contributed by atoms with van der Waals surface area (Å²) in [6, 6.07) is 2.07. The Balaban J connectivity index is 2.51. The van der Waals surface area contributed by atoms with Crippen LogP contribution >= 0.6 is 0 Å². The number of carboxylic acids is 1. The fourth-order valence-electron chi connectivity index (χ4n) is 1.48. The maximum absolute atomic E-state index is 12.0. The molecule has 0 bridgehead atoms. The molecule has 0 saturated heterocycles. The highest BCUT2D eigenvalue weighted by molar-refractivity contribution is 5.94. The molecule has 0 fully saturated rings. The van der Waals surface area contributed by atoms with Crippen molar-refractivity contribution in [3.05, 3.63) is 23.9 Å². The Morgan fingerprint density at radius 3 is 2.59 bits per heavy atom. The van der Waals surface area contributed by atoms with E-state index in [1.807, 2.05) is 0 Å². The first-order chi connectivity index (χ1) is 10.2. The highest BCUT2D eigenvalue weighted by Gasteiger charge is 2.28. The van der Waals surface area contributed by atoms with Crippen LogP contribution in [-0.2, 0) is 4.79 Å². The Morgan fingerprint density at radius 2 is 2.09 bits per heavy atom. The highest BCUT2D eigenvalue weighted by Crippen LogP contribution is 2.17. The first-order valence-electron chi connectivity index (χ1n) is 6.35. The number of aliphatic carboxylic acids is 1. The highest BCUT2D eigenvalue weighted by atomic mass is 19.4. The summed E-state index contributed by atoms with van der Waals surface area (Å²) in [4.78, 5) is 25.8. The van der Waals surface area contributed by atoms with Gasteiger partial charge in [-0.05, 0) is 19.4 Å². The molecule has 0 aliphatic heterocycles. The van der Waals surface area contributed by atoms with Crippen LogP contribution in [0.15, 0.2) is 18.3 Å². The van der Waals surface area contributed by atoms with Crippen molar-refractivity contribution in [3.63, 3.8) is 0 Å². The van der Waals surface area contributed by atoms with Crippen LogP contribution in [0.3, 0.4) is 0 Å². The van der Waals surface area contributed by atoms with Crippen molar-refractivity contribution < 1.29 is 32.6 Å². The van der Waals surface area contributed by atoms with E-state index in [1.54, 1.807) is 6.92 Å². The molecular formula is C13H15F3N2O4. The van der Waals surface area contributed by atoms with Gasteiger partial charge in [0, 0.05) is 24.7 Å². The van der Waals surface area contributed by atoms with E-state index in [0.717, 1.165) is 12.3 Å². The van der Waals surface area contributed by atoms with E-state index in [1.165, 1.54) is 6.07 Å². The third-order valence-electron chi connectivity index (χ3n) is 2.55. The zero-order valence-corrected chi connectivity index (χ0v) is 11.7. The predicted octanol–water partition coefficient (Wildman–Crippen LogP) is 2.01. The number of carbonyl (C=O) groups is 2. The summed E-state index contributed by atoms with van der Waals surface area (Å²) in [6.07, 6.45) is -3.19. The van der Waals surface area contributed by atoms with E-state index in [2.05, 4.69) is 15.0 Å². The molecule has 2 N–H and O–H groups in total. The molecule has 1 atom stereocenters. The van der Waals surface area contributed by atoms with Gasteiger partial charge in [0.2, 0.25) is 5.88 Å². The molecule has 0 aliphatic rings. The Morgan fingerprint density at radius 1 is 1.41 bits per heavy atom. The minimum Gasteiger partial charge on any atom is -0.481 e. The SMILES string of the molecule is CC(CCC(=O)O)NC(=O)c1ccc(OCC(F)(F)F)nc1. The van der Waals surface area contributed by atoms with Gasteiger partial charge in [0.1, 0.15) is 0 Å². The van der Waals surface area contributed by atoms with Crippen LogP contribution < -0.4 is 10.1 Å². The number of amides is 1. The zero-order chi connectivity index (χ0) is 16.8. The Hall–Kier alpha value is -2.32. The summed E-state index contributed by atoms with van der Waals surface area (Å²) in [5, 5.41) is 11.1. The molecule has 22 heavy (non-hydrogen) atoms. The molecule has 122 valence electrons. The fourth-order valence-corrected chi connectivity index (χ4v) is 1.48. The molecule has 0 saturated carbocycles. The van der Waals surface area contributed by atoms with Crippen LogP contribution in [0.25, 0.3) is 0 Å². The molecule has 1 rings (SSSR count). The molecule has 0 aromatic carbocycles. The van der Waals surface area contributed by atoms with Gasteiger partial charge in [0.25, 0.3) is 5.91 Å². The number of pyridine rings is 1. The predicted molar refractivity (Wildman–Crippen MR) is 69.6 cm³/mol. The normalized spacial score (nSPS) is 12.5. The summed E-state index contributed by atoms with van der Waals surface area (Å²) in [7, 11) is 0. The number of halogens is 3. The Bertz CT molecular complexity index is 517. The molecule has 1 unspecified atom stereocenters. The maximum atomic E-state index is 12.0. The lowest BCUT2D eigenvalue weighted by Gasteiger charge is -2.13. The molecule has 9 heteroatoms. The summed E-state index contributed by atoms with van der Waals surface area (Å²) >= 11 is 0. The van der Waals surface area contributed by atoms with Gasteiger partial charge in [0.15, 0.2) is 6.61 Å². The third-order valence-corrected chi connectivity index (χ3v) is 2.55. The summed E-state index contributed by atoms with van der Waals surface area (Å²) < 4.78 is 40.3. The lowest BCUT2D eigenvalue weighted by atomic mass is 10.1. The number of rotatable bonds is 7. The van der Waals surface area contributed by atoms with Gasteiger partial charge in [-0.25, -0.2) is 4.98 Å². The van der Waals surface area contributed by atoms with Gasteiger partial charge in [-0.15, -0.1) is 0 Å². The average Bonchev–Trinajstić information content (AvgIpc) is 2.42. The minimum atomic E-state index is -4.46. The number of hydrogen-bond donors (Lipinski definition) is 2. The molecule has 0 spiro atoms. The second kappa shape index (κ2) is 7.62. The van der Waals surface area contributed by atoms with E-state index >= 15 is 0 Å². The fraction of sp³-hybridized carbons (Fsp3) is 0.462. The molecular weight excluding hydrogens is 305 g/mol. The number of nitrogens with zero attached hydrogens (tertiary/aromatic N) is 1. The van der Waals surface area contributed by atoms with Crippen molar-refractivity contribution in [2.45, 2.75) is 32.0 Å². The number of carboxylic acid groups (broad SMARTS) is 1. The molecule has 1 aromatic heterocycles.